The smallest absolute Gasteiger partial charge is 0.179 e. The summed E-state index contributed by atoms with van der Waals surface area (Å²) in [6, 6.07) is 4.54. The van der Waals surface area contributed by atoms with Crippen LogP contribution in [0.5, 0.6) is 0 Å². The van der Waals surface area contributed by atoms with Crippen LogP contribution in [0.3, 0.4) is 0 Å². The standard InChI is InChI=1S/C17H17ClFN3O/c18-14-6-12(19)2-3-13(14)17(4-1-5-17)7-16-21-9-11(10-22-16)15(23)8-20/h2-3,6,9-10H,1,4-5,7-8,20H2. The molecule has 1 aromatic heterocycles. The van der Waals surface area contributed by atoms with Crippen LogP contribution in [0.4, 0.5) is 4.39 Å². The molecule has 3 rings (SSSR count). The zero-order chi connectivity index (χ0) is 16.4. The average Bonchev–Trinajstić information content (AvgIpc) is 2.51. The first kappa shape index (κ1) is 16.0. The zero-order valence-corrected chi connectivity index (χ0v) is 13.3. The van der Waals surface area contributed by atoms with Crippen molar-refractivity contribution in [3.8, 4) is 0 Å². The Labute approximate surface area is 138 Å². The maximum absolute atomic E-state index is 13.3. The third kappa shape index (κ3) is 3.12. The zero-order valence-electron chi connectivity index (χ0n) is 12.6. The number of hydrogen-bond donors (Lipinski definition) is 1. The van der Waals surface area contributed by atoms with Gasteiger partial charge >= 0.3 is 0 Å². The number of halogens is 2. The Morgan fingerprint density at radius 3 is 2.52 bits per heavy atom. The first-order valence-corrected chi connectivity index (χ1v) is 7.92. The molecule has 1 aliphatic rings. The van der Waals surface area contributed by atoms with Crippen LogP contribution in [0.1, 0.15) is 41.0 Å². The van der Waals surface area contributed by atoms with Gasteiger partial charge in [0.1, 0.15) is 11.6 Å². The molecule has 0 bridgehead atoms. The fourth-order valence-electron chi connectivity index (χ4n) is 3.08. The normalized spacial score (nSPS) is 16.0. The Morgan fingerprint density at radius 2 is 2.00 bits per heavy atom. The molecule has 1 aromatic carbocycles. The Hall–Kier alpha value is -1.85. The second kappa shape index (κ2) is 6.34. The molecule has 2 N–H and O–H groups in total. The van der Waals surface area contributed by atoms with Crippen LogP contribution in [0.15, 0.2) is 30.6 Å². The maximum Gasteiger partial charge on any atom is 0.179 e. The number of rotatable bonds is 5. The van der Waals surface area contributed by atoms with Gasteiger partial charge in [-0.15, -0.1) is 0 Å². The van der Waals surface area contributed by atoms with Crippen LogP contribution >= 0.6 is 11.6 Å². The largest absolute Gasteiger partial charge is 0.324 e. The van der Waals surface area contributed by atoms with Crippen LogP contribution in [-0.2, 0) is 11.8 Å². The Balaban J connectivity index is 1.86. The van der Waals surface area contributed by atoms with E-state index in [1.165, 1.54) is 24.5 Å². The second-order valence-corrected chi connectivity index (χ2v) is 6.36. The van der Waals surface area contributed by atoms with Gasteiger partial charge in [-0.3, -0.25) is 4.79 Å². The number of benzene rings is 1. The van der Waals surface area contributed by atoms with Crippen LogP contribution in [0, 0.1) is 5.82 Å². The average molecular weight is 334 g/mol. The van der Waals surface area contributed by atoms with Crippen molar-refractivity contribution in [3.05, 3.63) is 58.4 Å². The van der Waals surface area contributed by atoms with E-state index in [0.29, 0.717) is 22.8 Å². The molecule has 4 nitrogen and oxygen atoms in total. The highest BCUT2D eigenvalue weighted by atomic mass is 35.5. The van der Waals surface area contributed by atoms with E-state index in [4.69, 9.17) is 17.3 Å². The molecule has 0 radical (unpaired) electrons. The number of nitrogens with zero attached hydrogens (tertiary/aromatic N) is 2. The summed E-state index contributed by atoms with van der Waals surface area (Å²) in [5, 5.41) is 0.444. The number of carbonyl (C=O) groups is 1. The van der Waals surface area contributed by atoms with E-state index in [0.717, 1.165) is 24.8 Å². The number of nitrogens with two attached hydrogens (primary N) is 1. The van der Waals surface area contributed by atoms with Crippen molar-refractivity contribution in [2.45, 2.75) is 31.1 Å². The van der Waals surface area contributed by atoms with E-state index in [2.05, 4.69) is 9.97 Å². The maximum atomic E-state index is 13.3. The molecule has 120 valence electrons. The van der Waals surface area contributed by atoms with E-state index in [1.54, 1.807) is 6.07 Å². The molecule has 1 heterocycles. The predicted octanol–water partition coefficient (Wildman–Crippen LogP) is 3.07. The minimum absolute atomic E-state index is 0.0577. The summed E-state index contributed by atoms with van der Waals surface area (Å²) in [6.45, 7) is -0.0577. The van der Waals surface area contributed by atoms with Gasteiger partial charge in [-0.05, 0) is 30.5 Å². The molecule has 6 heteroatoms. The fourth-order valence-corrected chi connectivity index (χ4v) is 3.44. The van der Waals surface area contributed by atoms with Crippen molar-refractivity contribution in [2.24, 2.45) is 5.73 Å². The van der Waals surface area contributed by atoms with Gasteiger partial charge in [0.15, 0.2) is 5.78 Å². The first-order valence-electron chi connectivity index (χ1n) is 7.54. The topological polar surface area (TPSA) is 68.9 Å². The van der Waals surface area contributed by atoms with Gasteiger partial charge in [0, 0.05) is 29.3 Å². The Kier molecular flexibility index (Phi) is 4.41. The van der Waals surface area contributed by atoms with Gasteiger partial charge < -0.3 is 5.73 Å². The lowest BCUT2D eigenvalue weighted by molar-refractivity contribution is 0.100. The molecule has 2 aromatic rings. The lowest BCUT2D eigenvalue weighted by Gasteiger charge is -2.42. The third-order valence-electron chi connectivity index (χ3n) is 4.52. The Morgan fingerprint density at radius 1 is 1.30 bits per heavy atom. The minimum Gasteiger partial charge on any atom is -0.324 e. The van der Waals surface area contributed by atoms with Gasteiger partial charge in [-0.1, -0.05) is 24.1 Å². The molecule has 0 saturated heterocycles. The predicted molar refractivity (Wildman–Crippen MR) is 86.1 cm³/mol. The van der Waals surface area contributed by atoms with Crippen LogP contribution < -0.4 is 5.73 Å². The number of Topliss-reactive ketones (excluding diaryl/α,β-unsaturated/α-hetero) is 1. The second-order valence-electron chi connectivity index (χ2n) is 5.95. The van der Waals surface area contributed by atoms with Crippen molar-refractivity contribution < 1.29 is 9.18 Å². The minimum atomic E-state index is -0.339. The van der Waals surface area contributed by atoms with Crippen molar-refractivity contribution in [1.82, 2.24) is 9.97 Å². The quantitative estimate of drug-likeness (QED) is 0.854. The monoisotopic (exact) mass is 333 g/mol. The molecule has 23 heavy (non-hydrogen) atoms. The molecule has 1 fully saturated rings. The molecule has 1 saturated carbocycles. The molecule has 0 atom stereocenters. The number of aromatic nitrogens is 2. The summed E-state index contributed by atoms with van der Waals surface area (Å²) in [4.78, 5) is 20.1. The highest BCUT2D eigenvalue weighted by molar-refractivity contribution is 6.31. The molecular formula is C17H17ClFN3O. The molecule has 0 aliphatic heterocycles. The van der Waals surface area contributed by atoms with Crippen molar-refractivity contribution in [2.75, 3.05) is 6.54 Å². The number of hydrogen-bond acceptors (Lipinski definition) is 4. The summed E-state index contributed by atoms with van der Waals surface area (Å²) >= 11 is 6.24. The van der Waals surface area contributed by atoms with Gasteiger partial charge in [0.25, 0.3) is 0 Å². The highest BCUT2D eigenvalue weighted by Gasteiger charge is 2.41. The summed E-state index contributed by atoms with van der Waals surface area (Å²) in [5.41, 5.74) is 6.54. The molecule has 1 aliphatic carbocycles. The van der Waals surface area contributed by atoms with Crippen molar-refractivity contribution in [1.29, 1.82) is 0 Å². The van der Waals surface area contributed by atoms with Gasteiger partial charge in [0.2, 0.25) is 0 Å². The van der Waals surface area contributed by atoms with Gasteiger partial charge in [-0.25, -0.2) is 14.4 Å². The molecule has 0 spiro atoms. The fraction of sp³-hybridized carbons (Fsp3) is 0.353. The first-order chi connectivity index (χ1) is 11.0. The number of ketones is 1. The molecule has 0 amide bonds. The highest BCUT2D eigenvalue weighted by Crippen LogP contribution is 2.48. The summed E-state index contributed by atoms with van der Waals surface area (Å²) in [7, 11) is 0. The number of carbonyl (C=O) groups excluding carboxylic acids is 1. The van der Waals surface area contributed by atoms with Crippen LogP contribution in [0.25, 0.3) is 0 Å². The van der Waals surface area contributed by atoms with Crippen LogP contribution in [-0.4, -0.2) is 22.3 Å². The summed E-state index contributed by atoms with van der Waals surface area (Å²) in [6.07, 6.45) is 6.66. The third-order valence-corrected chi connectivity index (χ3v) is 4.84. The van der Waals surface area contributed by atoms with E-state index in [9.17, 15) is 9.18 Å². The Bertz CT molecular complexity index is 729. The van der Waals surface area contributed by atoms with Gasteiger partial charge in [0.05, 0.1) is 12.1 Å². The van der Waals surface area contributed by atoms with Crippen molar-refractivity contribution in [3.63, 3.8) is 0 Å². The van der Waals surface area contributed by atoms with Gasteiger partial charge in [-0.2, -0.15) is 0 Å². The summed E-state index contributed by atoms with van der Waals surface area (Å²) in [5.74, 6) is 0.129. The lowest BCUT2D eigenvalue weighted by atomic mass is 9.62. The SMILES string of the molecule is NCC(=O)c1cnc(CC2(c3ccc(F)cc3Cl)CCC2)nc1. The van der Waals surface area contributed by atoms with E-state index in [-0.39, 0.29) is 23.6 Å². The molecule has 0 unspecified atom stereocenters. The molecular weight excluding hydrogens is 317 g/mol. The van der Waals surface area contributed by atoms with E-state index in [1.807, 2.05) is 0 Å². The lowest BCUT2D eigenvalue weighted by Crippen LogP contribution is -2.37. The van der Waals surface area contributed by atoms with E-state index < -0.39 is 0 Å². The van der Waals surface area contributed by atoms with E-state index >= 15 is 0 Å². The van der Waals surface area contributed by atoms with Crippen LogP contribution in [0.2, 0.25) is 5.02 Å². The summed E-state index contributed by atoms with van der Waals surface area (Å²) < 4.78 is 13.3. The van der Waals surface area contributed by atoms with Crippen molar-refractivity contribution >= 4 is 17.4 Å².